The van der Waals surface area contributed by atoms with Crippen molar-refractivity contribution in [2.75, 3.05) is 0 Å². The van der Waals surface area contributed by atoms with Gasteiger partial charge in [0.15, 0.2) is 0 Å². The molecule has 20 nitrogen and oxygen atoms in total. The average molecular weight is 1250 g/mol. The second-order valence-corrected chi connectivity index (χ2v) is 21.5. The predicted octanol–water partition coefficient (Wildman–Crippen LogP) is 15.2. The van der Waals surface area contributed by atoms with Crippen LogP contribution in [0.2, 0.25) is 0 Å². The Morgan fingerprint density at radius 2 is 0.413 bits per heavy atom. The molecule has 0 fully saturated rings. The molecule has 0 aliphatic heterocycles. The molecule has 0 spiro atoms. The first-order chi connectivity index (χ1) is 44.2. The molecular weight excluding hydrogens is 1180 g/mol. The summed E-state index contributed by atoms with van der Waals surface area (Å²) < 4.78 is 70.7. The van der Waals surface area contributed by atoms with Crippen molar-refractivity contribution in [2.45, 2.75) is 105 Å². The zero-order valence-corrected chi connectivity index (χ0v) is 51.5. The van der Waals surface area contributed by atoms with Crippen molar-refractivity contribution in [3.05, 3.63) is 237 Å². The molecule has 0 radical (unpaired) electrons. The lowest BCUT2D eigenvalue weighted by molar-refractivity contribution is -0.133. The predicted molar refractivity (Wildman–Crippen MR) is 330 cm³/mol. The van der Waals surface area contributed by atoms with Gasteiger partial charge < -0.3 is 56.8 Å². The van der Waals surface area contributed by atoms with Crippen LogP contribution in [0.4, 0.5) is 19.2 Å². The third-order valence-electron chi connectivity index (χ3n) is 14.9. The van der Waals surface area contributed by atoms with Gasteiger partial charge in [-0.15, -0.1) is 0 Å². The SMILES string of the molecule is CC(=O)Oc1cc(OC(C)=O)c2cc1[C@@H](C)c1cc(c(OC(=O)OCc3ccccc3)cc1OC(=O)OCc1ccccc1)[C@@H](C)c1cc(c(OC(C)=O)cc1OC(C)=O)[C@H](C)c1cc(c(OC(=O)OCc3ccccc3)cc1OC(=O)OCc1ccccc1)[C@@H]2C. The summed E-state index contributed by atoms with van der Waals surface area (Å²) in [6, 6.07) is 46.8. The highest BCUT2D eigenvalue weighted by Gasteiger charge is 2.35. The number of esters is 4. The second kappa shape index (κ2) is 29.8. The van der Waals surface area contributed by atoms with E-state index in [9.17, 15) is 38.4 Å². The third-order valence-corrected chi connectivity index (χ3v) is 14.9. The van der Waals surface area contributed by atoms with E-state index in [4.69, 9.17) is 56.8 Å². The Kier molecular flexibility index (Phi) is 21.1. The fraction of sp³-hybridized carbons (Fsp3) is 0.222. The van der Waals surface area contributed by atoms with E-state index in [2.05, 4.69) is 0 Å². The molecule has 8 aromatic carbocycles. The van der Waals surface area contributed by atoms with Gasteiger partial charge >= 0.3 is 48.5 Å². The van der Waals surface area contributed by atoms with Gasteiger partial charge in [0, 0.05) is 120 Å². The Balaban J connectivity index is 1.33. The number of carbonyl (C=O) groups excluding carboxylic acids is 8. The number of rotatable bonds is 16. The molecule has 0 saturated heterocycles. The topological polar surface area (TPSA) is 247 Å². The van der Waals surface area contributed by atoms with Crippen molar-refractivity contribution in [1.29, 1.82) is 0 Å². The zero-order chi connectivity index (χ0) is 65.6. The van der Waals surface area contributed by atoms with Crippen LogP contribution in [0.3, 0.4) is 0 Å². The highest BCUT2D eigenvalue weighted by molar-refractivity contribution is 5.77. The Bertz CT molecular complexity index is 3550. The van der Waals surface area contributed by atoms with Crippen LogP contribution in [0.5, 0.6) is 46.0 Å². The van der Waals surface area contributed by atoms with Gasteiger partial charge in [0.1, 0.15) is 72.4 Å². The first kappa shape index (κ1) is 65.2. The van der Waals surface area contributed by atoms with Gasteiger partial charge in [-0.25, -0.2) is 19.2 Å². The van der Waals surface area contributed by atoms with Crippen LogP contribution >= 0.6 is 0 Å². The van der Waals surface area contributed by atoms with Crippen LogP contribution in [0.25, 0.3) is 0 Å². The molecule has 4 atom stereocenters. The number of ether oxygens (including phenoxy) is 12. The maximum Gasteiger partial charge on any atom is 0.514 e. The molecule has 0 aromatic heterocycles. The number of carbonyl (C=O) groups is 8. The van der Waals surface area contributed by atoms with Gasteiger partial charge in [-0.05, 0) is 46.5 Å². The molecular formula is C72H64O20. The van der Waals surface area contributed by atoms with Gasteiger partial charge in [0.05, 0.1) is 0 Å². The molecule has 8 aromatic rings. The van der Waals surface area contributed by atoms with Crippen LogP contribution in [0.1, 0.15) is 146 Å². The molecule has 0 amide bonds. The number of hydrogen-bond donors (Lipinski definition) is 0. The molecule has 92 heavy (non-hydrogen) atoms. The van der Waals surface area contributed by atoms with Crippen LogP contribution in [-0.4, -0.2) is 48.5 Å². The number of hydrogen-bond acceptors (Lipinski definition) is 20. The summed E-state index contributed by atoms with van der Waals surface area (Å²) in [5.41, 5.74) is 4.12. The molecule has 0 saturated carbocycles. The molecule has 1 aliphatic rings. The van der Waals surface area contributed by atoms with E-state index in [1.54, 1.807) is 173 Å². The third kappa shape index (κ3) is 16.7. The summed E-state index contributed by atoms with van der Waals surface area (Å²) >= 11 is 0. The Morgan fingerprint density at radius 3 is 0.576 bits per heavy atom. The molecule has 8 bridgehead atoms. The minimum Gasteiger partial charge on any atom is -0.429 e. The fourth-order valence-corrected chi connectivity index (χ4v) is 10.4. The van der Waals surface area contributed by atoms with E-state index >= 15 is 0 Å². The van der Waals surface area contributed by atoms with E-state index in [0.29, 0.717) is 22.3 Å². The first-order valence-electron chi connectivity index (χ1n) is 29.2. The van der Waals surface area contributed by atoms with E-state index in [1.165, 1.54) is 52.0 Å². The highest BCUT2D eigenvalue weighted by Crippen LogP contribution is 2.51. The van der Waals surface area contributed by atoms with Crippen molar-refractivity contribution < 1.29 is 95.2 Å². The molecule has 9 rings (SSSR count). The molecule has 0 unspecified atom stereocenters. The lowest BCUT2D eigenvalue weighted by atomic mass is 9.80. The standard InChI is InChI=1S/C72H64O20/c1-41-53-29-54(62(86-46(6)74)33-61(53)85-45(5)73)42(2)59-32-60(68(92-72(80)84-40-52-27-19-12-20-28-52)36-67(59)91-71(79)83-39-51-25-17-11-18-26-51)44(4)56-30-55(63(87-47(7)75)34-64(56)88-48(8)76)43(3)58-31-57(41)65(89-69(77)81-37-49-21-13-9-14-22-49)35-66(58)90-70(78)82-38-50-23-15-10-16-24-50/h9-36,41-44H,37-40H2,1-8H3/t41-,42-,43+,44+. The minimum absolute atomic E-state index is 0.119. The molecule has 20 heteroatoms. The smallest absolute Gasteiger partial charge is 0.429 e. The minimum atomic E-state index is -1.18. The van der Waals surface area contributed by atoms with E-state index in [1.807, 2.05) is 0 Å². The summed E-state index contributed by atoms with van der Waals surface area (Å²) in [4.78, 5) is 109. The van der Waals surface area contributed by atoms with E-state index in [-0.39, 0.29) is 117 Å². The molecule has 1 aliphatic carbocycles. The van der Waals surface area contributed by atoms with Crippen molar-refractivity contribution in [2.24, 2.45) is 0 Å². The van der Waals surface area contributed by atoms with E-state index < -0.39 is 72.2 Å². The summed E-state index contributed by atoms with van der Waals surface area (Å²) in [7, 11) is 0. The van der Waals surface area contributed by atoms with Gasteiger partial charge in [-0.2, -0.15) is 0 Å². The van der Waals surface area contributed by atoms with Gasteiger partial charge in [-0.3, -0.25) is 19.2 Å². The molecule has 0 heterocycles. The Labute approximate surface area is 529 Å². The fourth-order valence-electron chi connectivity index (χ4n) is 10.4. The molecule has 472 valence electrons. The Morgan fingerprint density at radius 1 is 0.250 bits per heavy atom. The zero-order valence-electron chi connectivity index (χ0n) is 51.5. The van der Waals surface area contributed by atoms with Crippen LogP contribution in [0.15, 0.2) is 170 Å². The second-order valence-electron chi connectivity index (χ2n) is 21.5. The van der Waals surface area contributed by atoms with Crippen molar-refractivity contribution in [3.63, 3.8) is 0 Å². The largest absolute Gasteiger partial charge is 0.514 e. The normalized spacial score (nSPS) is 14.6. The lowest BCUT2D eigenvalue weighted by Gasteiger charge is -2.28. The molecule has 0 N–H and O–H groups in total. The van der Waals surface area contributed by atoms with E-state index in [0.717, 1.165) is 0 Å². The number of fused-ring (bicyclic) bond motifs is 8. The summed E-state index contributed by atoms with van der Waals surface area (Å²) in [5, 5.41) is 0. The highest BCUT2D eigenvalue weighted by atomic mass is 16.7. The average Bonchev–Trinajstić information content (AvgIpc) is 0.759. The van der Waals surface area contributed by atoms with Crippen LogP contribution < -0.4 is 37.9 Å². The van der Waals surface area contributed by atoms with Gasteiger partial charge in [-0.1, -0.05) is 149 Å². The maximum atomic E-state index is 14.1. The van der Waals surface area contributed by atoms with Gasteiger partial charge in [0.25, 0.3) is 0 Å². The monoisotopic (exact) mass is 1250 g/mol. The summed E-state index contributed by atoms with van der Waals surface area (Å²) in [5.74, 6) is -8.66. The van der Waals surface area contributed by atoms with Gasteiger partial charge in [0.2, 0.25) is 0 Å². The van der Waals surface area contributed by atoms with Crippen molar-refractivity contribution >= 4 is 48.5 Å². The Hall–Kier alpha value is -11.3. The summed E-state index contributed by atoms with van der Waals surface area (Å²) in [6.45, 7) is 10.6. The van der Waals surface area contributed by atoms with Crippen LogP contribution in [-0.2, 0) is 64.6 Å². The van der Waals surface area contributed by atoms with Crippen molar-refractivity contribution in [3.8, 4) is 46.0 Å². The quantitative estimate of drug-likeness (QED) is 0.0377. The first-order valence-corrected chi connectivity index (χ1v) is 29.2. The summed E-state index contributed by atoms with van der Waals surface area (Å²) in [6.07, 6.45) is -4.72. The number of benzene rings is 8. The van der Waals surface area contributed by atoms with Crippen molar-refractivity contribution in [1.82, 2.24) is 0 Å². The maximum absolute atomic E-state index is 14.1. The van der Waals surface area contributed by atoms with Crippen LogP contribution in [0, 0.1) is 0 Å². The lowest BCUT2D eigenvalue weighted by Crippen LogP contribution is -2.18.